The minimum absolute atomic E-state index is 0.166. The van der Waals surface area contributed by atoms with Crippen molar-refractivity contribution in [2.75, 3.05) is 12.3 Å². The van der Waals surface area contributed by atoms with Crippen molar-refractivity contribution in [2.24, 2.45) is 0 Å². The quantitative estimate of drug-likeness (QED) is 0.690. The van der Waals surface area contributed by atoms with Crippen LogP contribution in [0.4, 0.5) is 5.69 Å². The topological polar surface area (TPSA) is 70.1 Å². The van der Waals surface area contributed by atoms with Gasteiger partial charge < -0.3 is 15.0 Å². The van der Waals surface area contributed by atoms with E-state index in [1.807, 2.05) is 22.8 Å². The maximum absolute atomic E-state index is 11.8. The summed E-state index contributed by atoms with van der Waals surface area (Å²) in [5.74, 6) is 0.597. The number of imidazole rings is 1. The van der Waals surface area contributed by atoms with Crippen LogP contribution in [0.5, 0.6) is 0 Å². The molecule has 0 unspecified atom stereocenters. The largest absolute Gasteiger partial charge is 0.465 e. The van der Waals surface area contributed by atoms with Crippen molar-refractivity contribution < 1.29 is 9.53 Å². The average Bonchev–Trinajstić information content (AvgIpc) is 2.67. The fraction of sp³-hybridized carbons (Fsp3) is 0.467. The fourth-order valence-corrected chi connectivity index (χ4v) is 2.22. The van der Waals surface area contributed by atoms with Crippen LogP contribution in [0.25, 0.3) is 11.0 Å². The summed E-state index contributed by atoms with van der Waals surface area (Å²) in [6.45, 7) is 8.55. The monoisotopic (exact) mass is 275 g/mol. The first-order chi connectivity index (χ1) is 9.32. The van der Waals surface area contributed by atoms with Crippen molar-refractivity contribution >= 4 is 22.7 Å². The molecule has 0 bridgehead atoms. The van der Waals surface area contributed by atoms with Crippen molar-refractivity contribution in [3.63, 3.8) is 0 Å². The molecular weight excluding hydrogens is 254 g/mol. The van der Waals surface area contributed by atoms with E-state index in [1.165, 1.54) is 0 Å². The van der Waals surface area contributed by atoms with Crippen LogP contribution in [-0.2, 0) is 21.5 Å². The van der Waals surface area contributed by atoms with Gasteiger partial charge in [-0.25, -0.2) is 4.98 Å². The number of hydrogen-bond donors (Lipinski definition) is 1. The summed E-state index contributed by atoms with van der Waals surface area (Å²) >= 11 is 0. The predicted molar refractivity (Wildman–Crippen MR) is 79.5 cm³/mol. The molecular formula is C15H21N3O2. The number of aromatic nitrogens is 2. The van der Waals surface area contributed by atoms with E-state index >= 15 is 0 Å². The SMILES string of the molecule is CCOC(=O)Cn1c(C(C)(C)C)nc2cc(N)ccc21. The van der Waals surface area contributed by atoms with Crippen molar-refractivity contribution in [1.82, 2.24) is 9.55 Å². The van der Waals surface area contributed by atoms with Gasteiger partial charge in [-0.3, -0.25) is 4.79 Å². The lowest BCUT2D eigenvalue weighted by Crippen LogP contribution is -2.22. The lowest BCUT2D eigenvalue weighted by Gasteiger charge is -2.19. The molecule has 0 aliphatic heterocycles. The van der Waals surface area contributed by atoms with Crippen molar-refractivity contribution in [2.45, 2.75) is 39.7 Å². The van der Waals surface area contributed by atoms with E-state index in [0.29, 0.717) is 12.3 Å². The third-order valence-corrected chi connectivity index (χ3v) is 3.04. The number of ether oxygens (including phenoxy) is 1. The van der Waals surface area contributed by atoms with Gasteiger partial charge in [0.25, 0.3) is 0 Å². The van der Waals surface area contributed by atoms with Gasteiger partial charge in [0.05, 0.1) is 17.6 Å². The van der Waals surface area contributed by atoms with Crippen molar-refractivity contribution in [3.8, 4) is 0 Å². The number of nitrogens with two attached hydrogens (primary N) is 1. The van der Waals surface area contributed by atoms with Gasteiger partial charge in [-0.2, -0.15) is 0 Å². The highest BCUT2D eigenvalue weighted by molar-refractivity contribution is 5.82. The highest BCUT2D eigenvalue weighted by atomic mass is 16.5. The van der Waals surface area contributed by atoms with E-state index in [2.05, 4.69) is 25.8 Å². The van der Waals surface area contributed by atoms with Crippen molar-refractivity contribution in [1.29, 1.82) is 0 Å². The van der Waals surface area contributed by atoms with Gasteiger partial charge >= 0.3 is 5.97 Å². The lowest BCUT2D eigenvalue weighted by atomic mass is 9.95. The van der Waals surface area contributed by atoms with Gasteiger partial charge in [-0.15, -0.1) is 0 Å². The van der Waals surface area contributed by atoms with Gasteiger partial charge in [0, 0.05) is 11.1 Å². The summed E-state index contributed by atoms with van der Waals surface area (Å²) in [5, 5.41) is 0. The van der Waals surface area contributed by atoms with E-state index in [1.54, 1.807) is 6.92 Å². The Morgan fingerprint density at radius 1 is 1.40 bits per heavy atom. The van der Waals surface area contributed by atoms with Gasteiger partial charge in [-0.1, -0.05) is 20.8 Å². The third kappa shape index (κ3) is 2.76. The standard InChI is InChI=1S/C15H21N3O2/c1-5-20-13(19)9-18-12-7-6-10(16)8-11(12)17-14(18)15(2,3)4/h6-8H,5,9,16H2,1-4H3. The smallest absolute Gasteiger partial charge is 0.326 e. The normalized spacial score (nSPS) is 11.8. The number of hydrogen-bond acceptors (Lipinski definition) is 4. The summed E-state index contributed by atoms with van der Waals surface area (Å²) in [4.78, 5) is 16.4. The number of fused-ring (bicyclic) bond motifs is 1. The number of carbonyl (C=O) groups excluding carboxylic acids is 1. The molecule has 20 heavy (non-hydrogen) atoms. The Bertz CT molecular complexity index is 638. The number of nitrogen functional groups attached to an aromatic ring is 1. The third-order valence-electron chi connectivity index (χ3n) is 3.04. The van der Waals surface area contributed by atoms with Crippen LogP contribution < -0.4 is 5.73 Å². The van der Waals surface area contributed by atoms with E-state index < -0.39 is 0 Å². The molecule has 1 aromatic heterocycles. The number of carbonyl (C=O) groups is 1. The van der Waals surface area contributed by atoms with Gasteiger partial charge in [0.1, 0.15) is 12.4 Å². The zero-order chi connectivity index (χ0) is 14.9. The molecule has 108 valence electrons. The lowest BCUT2D eigenvalue weighted by molar-refractivity contribution is -0.143. The summed E-state index contributed by atoms with van der Waals surface area (Å²) in [7, 11) is 0. The van der Waals surface area contributed by atoms with Crippen LogP contribution in [0.15, 0.2) is 18.2 Å². The zero-order valence-electron chi connectivity index (χ0n) is 12.4. The highest BCUT2D eigenvalue weighted by Crippen LogP contribution is 2.27. The Labute approximate surface area is 118 Å². The molecule has 2 aromatic rings. The Morgan fingerprint density at radius 2 is 2.10 bits per heavy atom. The minimum atomic E-state index is -0.255. The first-order valence-electron chi connectivity index (χ1n) is 6.74. The molecule has 0 aliphatic rings. The molecule has 2 N–H and O–H groups in total. The Hall–Kier alpha value is -2.04. The molecule has 2 rings (SSSR count). The Balaban J connectivity index is 2.56. The molecule has 5 nitrogen and oxygen atoms in total. The summed E-state index contributed by atoms with van der Waals surface area (Å²) < 4.78 is 6.95. The van der Waals surface area contributed by atoms with Crippen LogP contribution >= 0.6 is 0 Å². The van der Waals surface area contributed by atoms with Crippen LogP contribution in [0.2, 0.25) is 0 Å². The molecule has 0 fully saturated rings. The Morgan fingerprint density at radius 3 is 2.70 bits per heavy atom. The van der Waals surface area contributed by atoms with E-state index in [0.717, 1.165) is 16.9 Å². The molecule has 0 radical (unpaired) electrons. The number of nitrogens with zero attached hydrogens (tertiary/aromatic N) is 2. The number of rotatable bonds is 3. The van der Waals surface area contributed by atoms with E-state index in [4.69, 9.17) is 10.5 Å². The maximum Gasteiger partial charge on any atom is 0.326 e. The van der Waals surface area contributed by atoms with Crippen LogP contribution in [0.3, 0.4) is 0 Å². The summed E-state index contributed by atoms with van der Waals surface area (Å²) in [5.41, 5.74) is 8.00. The maximum atomic E-state index is 11.8. The van der Waals surface area contributed by atoms with Crippen LogP contribution in [0.1, 0.15) is 33.5 Å². The number of benzene rings is 1. The van der Waals surface area contributed by atoms with Gasteiger partial charge in [0.2, 0.25) is 0 Å². The molecule has 1 heterocycles. The van der Waals surface area contributed by atoms with Crippen molar-refractivity contribution in [3.05, 3.63) is 24.0 Å². The van der Waals surface area contributed by atoms with Gasteiger partial charge in [0.15, 0.2) is 0 Å². The Kier molecular flexibility index (Phi) is 3.70. The second-order valence-electron chi connectivity index (χ2n) is 5.82. The van der Waals surface area contributed by atoms with E-state index in [9.17, 15) is 4.79 Å². The van der Waals surface area contributed by atoms with E-state index in [-0.39, 0.29) is 17.9 Å². The first kappa shape index (κ1) is 14.4. The molecule has 0 amide bonds. The highest BCUT2D eigenvalue weighted by Gasteiger charge is 2.24. The second kappa shape index (κ2) is 5.15. The minimum Gasteiger partial charge on any atom is -0.465 e. The van der Waals surface area contributed by atoms with Crippen LogP contribution in [-0.4, -0.2) is 22.1 Å². The zero-order valence-corrected chi connectivity index (χ0v) is 12.4. The molecule has 0 saturated heterocycles. The fourth-order valence-electron chi connectivity index (χ4n) is 2.22. The second-order valence-corrected chi connectivity index (χ2v) is 5.82. The molecule has 0 atom stereocenters. The summed E-state index contributed by atoms with van der Waals surface area (Å²) in [6, 6.07) is 5.54. The molecule has 0 spiro atoms. The number of anilines is 1. The molecule has 0 saturated carbocycles. The first-order valence-corrected chi connectivity index (χ1v) is 6.74. The predicted octanol–water partition coefficient (Wildman–Crippen LogP) is 2.48. The van der Waals surface area contributed by atoms with Crippen LogP contribution in [0, 0.1) is 0 Å². The molecule has 5 heteroatoms. The average molecular weight is 275 g/mol. The number of esters is 1. The summed E-state index contributed by atoms with van der Waals surface area (Å²) in [6.07, 6.45) is 0. The van der Waals surface area contributed by atoms with Gasteiger partial charge in [-0.05, 0) is 25.1 Å². The molecule has 0 aliphatic carbocycles. The molecule has 1 aromatic carbocycles.